The van der Waals surface area contributed by atoms with E-state index in [0.717, 1.165) is 17.5 Å². The summed E-state index contributed by atoms with van der Waals surface area (Å²) in [4.78, 5) is 17.9. The fraction of sp³-hybridized carbons (Fsp3) is 0.143. The summed E-state index contributed by atoms with van der Waals surface area (Å²) < 4.78 is 38.1. The molecule has 7 nitrogen and oxygen atoms in total. The fourth-order valence-corrected chi connectivity index (χ4v) is 5.44. The lowest BCUT2D eigenvalue weighted by molar-refractivity contribution is 0.171. The van der Waals surface area contributed by atoms with E-state index >= 15 is 0 Å². The second-order valence-electron chi connectivity index (χ2n) is 6.85. The van der Waals surface area contributed by atoms with Gasteiger partial charge in [0.2, 0.25) is 0 Å². The Balaban J connectivity index is 1.67. The molecule has 152 valence electrons. The highest BCUT2D eigenvalue weighted by molar-refractivity contribution is 7.90. The van der Waals surface area contributed by atoms with Gasteiger partial charge in [-0.3, -0.25) is 4.79 Å². The van der Waals surface area contributed by atoms with Crippen LogP contribution in [0, 0.1) is 6.92 Å². The van der Waals surface area contributed by atoms with Crippen LogP contribution in [-0.2, 0) is 10.0 Å². The summed E-state index contributed by atoms with van der Waals surface area (Å²) in [6.07, 6.45) is 1.06. The molecule has 0 amide bonds. The van der Waals surface area contributed by atoms with E-state index in [1.165, 1.54) is 29.5 Å². The highest BCUT2D eigenvalue weighted by Crippen LogP contribution is 2.34. The van der Waals surface area contributed by atoms with E-state index in [2.05, 4.69) is 4.98 Å². The number of nitrogens with zero attached hydrogens (tertiary/aromatic N) is 2. The topological polar surface area (TPSA) is 87.5 Å². The lowest BCUT2D eigenvalue weighted by atomic mass is 10.1. The highest BCUT2D eigenvalue weighted by Gasteiger charge is 2.24. The van der Waals surface area contributed by atoms with Gasteiger partial charge in [0.05, 0.1) is 10.3 Å². The van der Waals surface area contributed by atoms with Crippen LogP contribution in [0.25, 0.3) is 21.3 Å². The molecule has 0 atom stereocenters. The first-order valence-corrected chi connectivity index (χ1v) is 11.5. The van der Waals surface area contributed by atoms with Gasteiger partial charge in [-0.05, 0) is 24.6 Å². The van der Waals surface area contributed by atoms with Crippen LogP contribution in [-0.4, -0.2) is 30.6 Å². The van der Waals surface area contributed by atoms with Crippen molar-refractivity contribution < 1.29 is 17.9 Å². The Labute approximate surface area is 176 Å². The minimum atomic E-state index is -4.17. The number of rotatable bonds is 3. The zero-order chi connectivity index (χ0) is 20.9. The van der Waals surface area contributed by atoms with E-state index < -0.39 is 15.6 Å². The third kappa shape index (κ3) is 2.98. The Morgan fingerprint density at radius 2 is 1.77 bits per heavy atom. The zero-order valence-electron chi connectivity index (χ0n) is 15.9. The Hall–Kier alpha value is -3.17. The molecule has 0 fully saturated rings. The summed E-state index contributed by atoms with van der Waals surface area (Å²) in [5.41, 5.74) is 1.96. The minimum absolute atomic E-state index is 0.0675. The number of aromatic nitrogens is 2. The smallest absolute Gasteiger partial charge is 0.276 e. The molecule has 1 aliphatic heterocycles. The standard InChI is InChI=1S/C21H16N2O5S2/c1-13-2-4-14(5-3-13)16-11-29-20-19(16)21(24)23(12-22-20)30(25,26)15-6-7-17-18(10-15)28-9-8-27-17/h2-7,10-12H,8-9H2,1H3. The van der Waals surface area contributed by atoms with Gasteiger partial charge in [-0.25, -0.2) is 13.4 Å². The van der Waals surface area contributed by atoms with Crippen molar-refractivity contribution in [3.63, 3.8) is 0 Å². The minimum Gasteiger partial charge on any atom is -0.486 e. The Kier molecular flexibility index (Phi) is 4.37. The predicted octanol–water partition coefficient (Wildman–Crippen LogP) is 3.44. The van der Waals surface area contributed by atoms with Crippen LogP contribution >= 0.6 is 11.3 Å². The van der Waals surface area contributed by atoms with E-state index in [0.29, 0.717) is 39.1 Å². The third-order valence-corrected chi connectivity index (χ3v) is 7.41. The molecule has 2 aromatic carbocycles. The summed E-state index contributed by atoms with van der Waals surface area (Å²) in [6.45, 7) is 2.71. The van der Waals surface area contributed by atoms with Crippen molar-refractivity contribution in [1.82, 2.24) is 8.96 Å². The van der Waals surface area contributed by atoms with Crippen molar-refractivity contribution in [1.29, 1.82) is 0 Å². The molecule has 5 rings (SSSR count). The van der Waals surface area contributed by atoms with Crippen LogP contribution < -0.4 is 15.0 Å². The molecule has 0 bridgehead atoms. The Bertz CT molecular complexity index is 1440. The lowest BCUT2D eigenvalue weighted by Gasteiger charge is -2.19. The lowest BCUT2D eigenvalue weighted by Crippen LogP contribution is -2.28. The van der Waals surface area contributed by atoms with E-state index in [9.17, 15) is 13.2 Å². The van der Waals surface area contributed by atoms with E-state index in [4.69, 9.17) is 9.47 Å². The average molecular weight is 441 g/mol. The molecule has 9 heteroatoms. The van der Waals surface area contributed by atoms with Crippen LogP contribution in [0.2, 0.25) is 0 Å². The molecular weight excluding hydrogens is 424 g/mol. The SMILES string of the molecule is Cc1ccc(-c2csc3ncn(S(=O)(=O)c4ccc5c(c4)OCCO5)c(=O)c23)cc1. The third-order valence-electron chi connectivity index (χ3n) is 4.90. The molecular formula is C21H16N2O5S2. The van der Waals surface area contributed by atoms with Gasteiger partial charge in [-0.1, -0.05) is 29.8 Å². The molecule has 0 spiro atoms. The van der Waals surface area contributed by atoms with Gasteiger partial charge in [0.15, 0.2) is 11.5 Å². The zero-order valence-corrected chi connectivity index (χ0v) is 17.5. The summed E-state index contributed by atoms with van der Waals surface area (Å²) in [6, 6.07) is 12.0. The first-order valence-electron chi connectivity index (χ1n) is 9.16. The number of aryl methyl sites for hydroxylation is 1. The molecule has 0 radical (unpaired) electrons. The monoisotopic (exact) mass is 440 g/mol. The van der Waals surface area contributed by atoms with Gasteiger partial charge in [-0.2, -0.15) is 3.97 Å². The number of hydrogen-bond donors (Lipinski definition) is 0. The highest BCUT2D eigenvalue weighted by atomic mass is 32.2. The van der Waals surface area contributed by atoms with Crippen molar-refractivity contribution in [2.75, 3.05) is 13.2 Å². The molecule has 3 heterocycles. The molecule has 0 N–H and O–H groups in total. The van der Waals surface area contributed by atoms with Gasteiger partial charge in [0.25, 0.3) is 15.6 Å². The van der Waals surface area contributed by atoms with Crippen LogP contribution in [0.5, 0.6) is 11.5 Å². The van der Waals surface area contributed by atoms with Crippen molar-refractivity contribution in [2.24, 2.45) is 0 Å². The van der Waals surface area contributed by atoms with Crippen molar-refractivity contribution in [3.8, 4) is 22.6 Å². The van der Waals surface area contributed by atoms with Crippen LogP contribution in [0.1, 0.15) is 5.56 Å². The van der Waals surface area contributed by atoms with Crippen molar-refractivity contribution in [2.45, 2.75) is 11.8 Å². The van der Waals surface area contributed by atoms with E-state index in [1.807, 2.05) is 36.6 Å². The quantitative estimate of drug-likeness (QED) is 0.485. The molecule has 0 saturated carbocycles. The second-order valence-corrected chi connectivity index (χ2v) is 9.52. The summed E-state index contributed by atoms with van der Waals surface area (Å²) in [5, 5.41) is 2.11. The van der Waals surface area contributed by atoms with Crippen molar-refractivity contribution in [3.05, 3.63) is 70.1 Å². The number of fused-ring (bicyclic) bond motifs is 2. The summed E-state index contributed by atoms with van der Waals surface area (Å²) >= 11 is 1.31. The average Bonchev–Trinajstić information content (AvgIpc) is 3.19. The molecule has 30 heavy (non-hydrogen) atoms. The summed E-state index contributed by atoms with van der Waals surface area (Å²) in [7, 11) is -4.17. The van der Waals surface area contributed by atoms with Gasteiger partial charge in [0.1, 0.15) is 24.4 Å². The predicted molar refractivity (Wildman–Crippen MR) is 114 cm³/mol. The Morgan fingerprint density at radius 3 is 2.53 bits per heavy atom. The maximum atomic E-state index is 13.3. The van der Waals surface area contributed by atoms with E-state index in [-0.39, 0.29) is 10.3 Å². The van der Waals surface area contributed by atoms with Gasteiger partial charge < -0.3 is 9.47 Å². The largest absolute Gasteiger partial charge is 0.486 e. The number of benzene rings is 2. The summed E-state index contributed by atoms with van der Waals surface area (Å²) in [5.74, 6) is 0.806. The number of thiophene rings is 1. The molecule has 2 aromatic heterocycles. The van der Waals surface area contributed by atoms with Crippen LogP contribution in [0.3, 0.4) is 0 Å². The molecule has 0 aliphatic carbocycles. The first-order chi connectivity index (χ1) is 14.4. The maximum Gasteiger partial charge on any atom is 0.276 e. The van der Waals surface area contributed by atoms with Crippen LogP contribution in [0.4, 0.5) is 0 Å². The number of ether oxygens (including phenoxy) is 2. The number of hydrogen-bond acceptors (Lipinski definition) is 7. The van der Waals surface area contributed by atoms with Crippen molar-refractivity contribution >= 4 is 31.6 Å². The normalized spacial score (nSPS) is 13.5. The molecule has 0 unspecified atom stereocenters. The van der Waals surface area contributed by atoms with Gasteiger partial charge >= 0.3 is 0 Å². The van der Waals surface area contributed by atoms with E-state index in [1.54, 1.807) is 0 Å². The molecule has 0 saturated heterocycles. The second kappa shape index (κ2) is 6.96. The molecule has 1 aliphatic rings. The maximum absolute atomic E-state index is 13.3. The first kappa shape index (κ1) is 18.8. The van der Waals surface area contributed by atoms with Crippen LogP contribution in [0.15, 0.2) is 63.9 Å². The Morgan fingerprint density at radius 1 is 1.03 bits per heavy atom. The molecule has 4 aromatic rings. The van der Waals surface area contributed by atoms with Gasteiger partial charge in [-0.15, -0.1) is 11.3 Å². The van der Waals surface area contributed by atoms with Gasteiger partial charge in [0, 0.05) is 17.0 Å². The fourth-order valence-electron chi connectivity index (χ4n) is 3.33.